The minimum atomic E-state index is -3.62. The van der Waals surface area contributed by atoms with Gasteiger partial charge in [-0.15, -0.1) is 0 Å². The van der Waals surface area contributed by atoms with Gasteiger partial charge in [-0.25, -0.2) is 13.8 Å². The van der Waals surface area contributed by atoms with Crippen molar-refractivity contribution in [1.29, 1.82) is 0 Å². The summed E-state index contributed by atoms with van der Waals surface area (Å²) in [6, 6.07) is 14.4. The minimum absolute atomic E-state index is 0.356. The molecule has 7 nitrogen and oxygen atoms in total. The van der Waals surface area contributed by atoms with Gasteiger partial charge in [-0.05, 0) is 60.4 Å². The van der Waals surface area contributed by atoms with Crippen LogP contribution in [-0.2, 0) is 21.2 Å². The first-order valence-electron chi connectivity index (χ1n) is 9.45. The van der Waals surface area contributed by atoms with Crippen molar-refractivity contribution in [3.63, 3.8) is 0 Å². The van der Waals surface area contributed by atoms with Gasteiger partial charge in [-0.2, -0.15) is 5.10 Å². The highest BCUT2D eigenvalue weighted by Crippen LogP contribution is 2.18. The number of amides is 1. The van der Waals surface area contributed by atoms with Crippen molar-refractivity contribution in [1.82, 2.24) is 5.43 Å². The molecule has 2 aromatic rings. The van der Waals surface area contributed by atoms with Crippen LogP contribution in [0, 0.1) is 0 Å². The fraction of sp³-hybridized carbons (Fsp3) is 0.333. The number of ether oxygens (including phenoxy) is 1. The summed E-state index contributed by atoms with van der Waals surface area (Å²) >= 11 is 0. The number of nitrogens with zero attached hydrogens (tertiary/aromatic N) is 2. The molecule has 0 atom stereocenters. The molecule has 0 aliphatic heterocycles. The molecule has 1 N–H and O–H groups in total. The Morgan fingerprint density at radius 1 is 1.10 bits per heavy atom. The van der Waals surface area contributed by atoms with E-state index >= 15 is 0 Å². The molecule has 0 aliphatic rings. The average molecular weight is 418 g/mol. The number of carbonyl (C=O) groups excluding carboxylic acids is 1. The van der Waals surface area contributed by atoms with E-state index in [0.717, 1.165) is 40.3 Å². The van der Waals surface area contributed by atoms with Gasteiger partial charge in [0.25, 0.3) is 5.91 Å². The number of carbonyl (C=O) groups is 1. The second kappa shape index (κ2) is 10.6. The fourth-order valence-corrected chi connectivity index (χ4v) is 3.37. The van der Waals surface area contributed by atoms with Gasteiger partial charge in [0.05, 0.1) is 24.8 Å². The molecule has 156 valence electrons. The van der Waals surface area contributed by atoms with E-state index in [1.54, 1.807) is 12.1 Å². The molecule has 0 saturated carbocycles. The maximum absolute atomic E-state index is 12.2. The van der Waals surface area contributed by atoms with Crippen molar-refractivity contribution < 1.29 is 17.9 Å². The van der Waals surface area contributed by atoms with Crippen LogP contribution in [0.4, 0.5) is 5.69 Å². The lowest BCUT2D eigenvalue weighted by Crippen LogP contribution is -2.39. The summed E-state index contributed by atoms with van der Waals surface area (Å²) in [5.74, 6) is 0.236. The SMILES string of the molecule is CCCOc1ccc(/C=N\NC(=O)CN(c2ccc(CC)cc2)S(C)(=O)=O)cc1. The third-order valence-electron chi connectivity index (χ3n) is 4.08. The van der Waals surface area contributed by atoms with Crippen molar-refractivity contribution in [3.05, 3.63) is 59.7 Å². The molecule has 0 bridgehead atoms. The van der Waals surface area contributed by atoms with Crippen LogP contribution < -0.4 is 14.5 Å². The minimum Gasteiger partial charge on any atom is -0.494 e. The number of anilines is 1. The van der Waals surface area contributed by atoms with Gasteiger partial charge in [-0.3, -0.25) is 9.10 Å². The molecular formula is C21H27N3O4S. The smallest absolute Gasteiger partial charge is 0.260 e. The largest absolute Gasteiger partial charge is 0.494 e. The number of nitrogens with one attached hydrogen (secondary N) is 1. The van der Waals surface area contributed by atoms with Crippen molar-refractivity contribution in [3.8, 4) is 5.75 Å². The van der Waals surface area contributed by atoms with Crippen LogP contribution in [-0.4, -0.2) is 39.9 Å². The van der Waals surface area contributed by atoms with E-state index in [2.05, 4.69) is 10.5 Å². The summed E-state index contributed by atoms with van der Waals surface area (Å²) in [5, 5.41) is 3.90. The Morgan fingerprint density at radius 2 is 1.76 bits per heavy atom. The zero-order valence-electron chi connectivity index (χ0n) is 17.0. The third-order valence-corrected chi connectivity index (χ3v) is 5.22. The van der Waals surface area contributed by atoms with Gasteiger partial charge in [0.1, 0.15) is 12.3 Å². The highest BCUT2D eigenvalue weighted by Gasteiger charge is 2.20. The van der Waals surface area contributed by atoms with Gasteiger partial charge in [0, 0.05) is 0 Å². The number of hydrazone groups is 1. The van der Waals surface area contributed by atoms with Crippen molar-refractivity contribution >= 4 is 27.8 Å². The van der Waals surface area contributed by atoms with Gasteiger partial charge in [-0.1, -0.05) is 26.0 Å². The van der Waals surface area contributed by atoms with Crippen LogP contribution in [0.3, 0.4) is 0 Å². The first-order valence-corrected chi connectivity index (χ1v) is 11.3. The Labute approximate surface area is 172 Å². The van der Waals surface area contributed by atoms with Crippen LogP contribution in [0.2, 0.25) is 0 Å². The lowest BCUT2D eigenvalue weighted by Gasteiger charge is -2.21. The van der Waals surface area contributed by atoms with E-state index < -0.39 is 15.9 Å². The van der Waals surface area contributed by atoms with Crippen molar-refractivity contribution in [2.75, 3.05) is 23.7 Å². The molecule has 0 aromatic heterocycles. The molecular weight excluding hydrogens is 390 g/mol. The van der Waals surface area contributed by atoms with Gasteiger partial charge >= 0.3 is 0 Å². The molecule has 0 fully saturated rings. The monoisotopic (exact) mass is 417 g/mol. The topological polar surface area (TPSA) is 88.1 Å². The molecule has 0 radical (unpaired) electrons. The molecule has 0 saturated heterocycles. The lowest BCUT2D eigenvalue weighted by molar-refractivity contribution is -0.119. The number of rotatable bonds is 10. The van der Waals surface area contributed by atoms with E-state index in [4.69, 9.17) is 4.74 Å². The van der Waals surface area contributed by atoms with E-state index in [1.807, 2.05) is 50.2 Å². The zero-order valence-corrected chi connectivity index (χ0v) is 17.8. The summed E-state index contributed by atoms with van der Waals surface area (Å²) in [5.41, 5.74) is 4.67. The van der Waals surface area contributed by atoms with Crippen LogP contribution in [0.5, 0.6) is 5.75 Å². The van der Waals surface area contributed by atoms with Crippen LogP contribution in [0.1, 0.15) is 31.4 Å². The number of hydrogen-bond donors (Lipinski definition) is 1. The lowest BCUT2D eigenvalue weighted by atomic mass is 10.1. The van der Waals surface area contributed by atoms with Gasteiger partial charge in [0.15, 0.2) is 0 Å². The number of hydrogen-bond acceptors (Lipinski definition) is 5. The Morgan fingerprint density at radius 3 is 2.31 bits per heavy atom. The number of aryl methyl sites for hydroxylation is 1. The Bertz CT molecular complexity index is 923. The molecule has 8 heteroatoms. The Balaban J connectivity index is 1.98. The number of sulfonamides is 1. The highest BCUT2D eigenvalue weighted by molar-refractivity contribution is 7.92. The van der Waals surface area contributed by atoms with E-state index in [0.29, 0.717) is 12.3 Å². The summed E-state index contributed by atoms with van der Waals surface area (Å²) in [6.07, 6.45) is 4.34. The Kier molecular flexibility index (Phi) is 8.21. The fourth-order valence-electron chi connectivity index (χ4n) is 2.51. The molecule has 29 heavy (non-hydrogen) atoms. The van der Waals surface area contributed by atoms with Crippen LogP contribution in [0.15, 0.2) is 53.6 Å². The van der Waals surface area contributed by atoms with Crippen molar-refractivity contribution in [2.45, 2.75) is 26.7 Å². The summed E-state index contributed by atoms with van der Waals surface area (Å²) in [4.78, 5) is 12.2. The zero-order chi connectivity index (χ0) is 21.3. The third kappa shape index (κ3) is 7.23. The van der Waals surface area contributed by atoms with Crippen LogP contribution in [0.25, 0.3) is 0 Å². The second-order valence-electron chi connectivity index (χ2n) is 6.50. The maximum Gasteiger partial charge on any atom is 0.260 e. The molecule has 1 amide bonds. The predicted octanol–water partition coefficient (Wildman–Crippen LogP) is 2.95. The summed E-state index contributed by atoms with van der Waals surface area (Å²) in [6.45, 7) is 4.35. The normalized spacial score (nSPS) is 11.4. The molecule has 0 heterocycles. The van der Waals surface area contributed by atoms with E-state index in [1.165, 1.54) is 6.21 Å². The average Bonchev–Trinajstić information content (AvgIpc) is 2.71. The Hall–Kier alpha value is -2.87. The summed E-state index contributed by atoms with van der Waals surface area (Å²) in [7, 11) is -3.62. The van der Waals surface area contributed by atoms with Crippen LogP contribution >= 0.6 is 0 Å². The van der Waals surface area contributed by atoms with Gasteiger partial charge < -0.3 is 4.74 Å². The predicted molar refractivity (Wildman–Crippen MR) is 116 cm³/mol. The first kappa shape index (κ1) is 22.4. The quantitative estimate of drug-likeness (QED) is 0.476. The van der Waals surface area contributed by atoms with E-state index in [9.17, 15) is 13.2 Å². The first-order chi connectivity index (χ1) is 13.8. The molecule has 0 unspecified atom stereocenters. The van der Waals surface area contributed by atoms with E-state index in [-0.39, 0.29) is 6.54 Å². The maximum atomic E-state index is 12.2. The van der Waals surface area contributed by atoms with Gasteiger partial charge in [0.2, 0.25) is 10.0 Å². The number of benzene rings is 2. The molecule has 2 rings (SSSR count). The van der Waals surface area contributed by atoms with Crippen molar-refractivity contribution in [2.24, 2.45) is 5.10 Å². The highest BCUT2D eigenvalue weighted by atomic mass is 32.2. The summed E-state index contributed by atoms with van der Waals surface area (Å²) < 4.78 is 30.8. The molecule has 0 aliphatic carbocycles. The standard InChI is InChI=1S/C21H27N3O4S/c1-4-14-28-20-12-8-18(9-13-20)15-22-23-21(25)16-24(29(3,26)27)19-10-6-17(5-2)7-11-19/h6-13,15H,4-5,14,16H2,1-3H3,(H,23,25)/b22-15-. The second-order valence-corrected chi connectivity index (χ2v) is 8.41. The molecule has 2 aromatic carbocycles. The molecule has 0 spiro atoms.